The maximum Gasteiger partial charge on any atom is 0.253 e. The summed E-state index contributed by atoms with van der Waals surface area (Å²) in [6, 6.07) is 7.02. The van der Waals surface area contributed by atoms with Crippen LogP contribution in [0.15, 0.2) is 24.3 Å². The summed E-state index contributed by atoms with van der Waals surface area (Å²) in [6.07, 6.45) is 1.22. The standard InChI is InChI=1S/C16H22N2O3/c1-11(2)10-17-15(19)12-6-3-4-7-13(12)18-16(20)14-8-5-9-21-14/h3-4,6-7,11,14H,5,8-10H2,1-2H3,(H,17,19)(H,18,20). The highest BCUT2D eigenvalue weighted by atomic mass is 16.5. The van der Waals surface area contributed by atoms with Crippen molar-refractivity contribution in [3.05, 3.63) is 29.8 Å². The Labute approximate surface area is 125 Å². The Balaban J connectivity index is 2.05. The number of ether oxygens (including phenoxy) is 1. The molecule has 5 heteroatoms. The van der Waals surface area contributed by atoms with Crippen LogP contribution in [0.5, 0.6) is 0 Å². The molecule has 2 amide bonds. The van der Waals surface area contributed by atoms with Crippen LogP contribution in [0.2, 0.25) is 0 Å². The number of nitrogens with one attached hydrogen (secondary N) is 2. The molecule has 1 aromatic carbocycles. The minimum atomic E-state index is -0.406. The summed E-state index contributed by atoms with van der Waals surface area (Å²) in [4.78, 5) is 24.3. The first-order chi connectivity index (χ1) is 10.1. The molecule has 0 aliphatic carbocycles. The number of hydrogen-bond acceptors (Lipinski definition) is 3. The second-order valence-electron chi connectivity index (χ2n) is 5.64. The van der Waals surface area contributed by atoms with E-state index in [2.05, 4.69) is 10.6 Å². The highest BCUT2D eigenvalue weighted by Crippen LogP contribution is 2.18. The number of carbonyl (C=O) groups excluding carboxylic acids is 2. The topological polar surface area (TPSA) is 67.4 Å². The fourth-order valence-electron chi connectivity index (χ4n) is 2.18. The number of benzene rings is 1. The van der Waals surface area contributed by atoms with E-state index in [1.165, 1.54) is 0 Å². The first-order valence-corrected chi connectivity index (χ1v) is 7.37. The number of amides is 2. The zero-order valence-electron chi connectivity index (χ0n) is 12.5. The quantitative estimate of drug-likeness (QED) is 0.873. The van der Waals surface area contributed by atoms with Crippen LogP contribution in [0.25, 0.3) is 0 Å². The maximum atomic E-state index is 12.2. The van der Waals surface area contributed by atoms with E-state index < -0.39 is 6.10 Å². The van der Waals surface area contributed by atoms with Crippen molar-refractivity contribution >= 4 is 17.5 Å². The molecule has 0 saturated carbocycles. The van der Waals surface area contributed by atoms with Crippen LogP contribution in [-0.4, -0.2) is 31.1 Å². The lowest BCUT2D eigenvalue weighted by atomic mass is 10.1. The van der Waals surface area contributed by atoms with E-state index in [0.717, 1.165) is 12.8 Å². The van der Waals surface area contributed by atoms with Crippen molar-refractivity contribution in [2.24, 2.45) is 5.92 Å². The van der Waals surface area contributed by atoms with Crippen LogP contribution in [-0.2, 0) is 9.53 Å². The molecule has 114 valence electrons. The van der Waals surface area contributed by atoms with Crippen LogP contribution in [0.4, 0.5) is 5.69 Å². The maximum absolute atomic E-state index is 12.2. The van der Waals surface area contributed by atoms with Gasteiger partial charge in [0.1, 0.15) is 6.10 Å². The fraction of sp³-hybridized carbons (Fsp3) is 0.500. The summed E-state index contributed by atoms with van der Waals surface area (Å²) in [5.41, 5.74) is 1.00. The number of para-hydroxylation sites is 1. The summed E-state index contributed by atoms with van der Waals surface area (Å²) in [5.74, 6) is 0.0196. The third kappa shape index (κ3) is 4.29. The summed E-state index contributed by atoms with van der Waals surface area (Å²) < 4.78 is 5.35. The smallest absolute Gasteiger partial charge is 0.253 e. The van der Waals surface area contributed by atoms with E-state index in [1.807, 2.05) is 13.8 Å². The Bertz CT molecular complexity index is 508. The Morgan fingerprint density at radius 1 is 1.33 bits per heavy atom. The predicted molar refractivity (Wildman–Crippen MR) is 81.2 cm³/mol. The molecule has 1 saturated heterocycles. The summed E-state index contributed by atoms with van der Waals surface area (Å²) in [6.45, 7) is 5.29. The van der Waals surface area contributed by atoms with Crippen molar-refractivity contribution in [2.45, 2.75) is 32.8 Å². The van der Waals surface area contributed by atoms with E-state index >= 15 is 0 Å². The van der Waals surface area contributed by atoms with Gasteiger partial charge < -0.3 is 15.4 Å². The van der Waals surface area contributed by atoms with Gasteiger partial charge in [-0.1, -0.05) is 26.0 Å². The highest BCUT2D eigenvalue weighted by Gasteiger charge is 2.24. The van der Waals surface area contributed by atoms with Crippen LogP contribution in [0, 0.1) is 5.92 Å². The van der Waals surface area contributed by atoms with Gasteiger partial charge in [0.05, 0.1) is 11.3 Å². The minimum absolute atomic E-state index is 0.174. The van der Waals surface area contributed by atoms with Crippen LogP contribution in [0.3, 0.4) is 0 Å². The van der Waals surface area contributed by atoms with Gasteiger partial charge in [-0.3, -0.25) is 9.59 Å². The molecule has 1 atom stereocenters. The van der Waals surface area contributed by atoms with Gasteiger partial charge in [0.2, 0.25) is 0 Å². The molecule has 2 N–H and O–H groups in total. The Hall–Kier alpha value is -1.88. The first kappa shape index (κ1) is 15.5. The Morgan fingerprint density at radius 3 is 2.76 bits per heavy atom. The second-order valence-corrected chi connectivity index (χ2v) is 5.64. The molecule has 1 aliphatic rings. The third-order valence-corrected chi connectivity index (χ3v) is 3.32. The Morgan fingerprint density at radius 2 is 2.10 bits per heavy atom. The van der Waals surface area contributed by atoms with Gasteiger partial charge >= 0.3 is 0 Å². The lowest BCUT2D eigenvalue weighted by molar-refractivity contribution is -0.124. The van der Waals surface area contributed by atoms with Crippen LogP contribution in [0.1, 0.15) is 37.0 Å². The van der Waals surface area contributed by atoms with Crippen molar-refractivity contribution in [3.8, 4) is 0 Å². The van der Waals surface area contributed by atoms with Gasteiger partial charge in [0.25, 0.3) is 11.8 Å². The molecule has 2 rings (SSSR count). The molecular formula is C16H22N2O3. The number of hydrogen-bond donors (Lipinski definition) is 2. The molecule has 0 bridgehead atoms. The Kier molecular flexibility index (Phi) is 5.33. The van der Waals surface area contributed by atoms with Gasteiger partial charge in [0.15, 0.2) is 0 Å². The molecule has 21 heavy (non-hydrogen) atoms. The molecular weight excluding hydrogens is 268 g/mol. The van der Waals surface area contributed by atoms with Crippen molar-refractivity contribution < 1.29 is 14.3 Å². The molecule has 1 heterocycles. The monoisotopic (exact) mass is 290 g/mol. The molecule has 1 aromatic rings. The van der Waals surface area contributed by atoms with E-state index in [4.69, 9.17) is 4.74 Å². The summed E-state index contributed by atoms with van der Waals surface area (Å²) in [7, 11) is 0. The average Bonchev–Trinajstić information content (AvgIpc) is 2.99. The molecule has 5 nitrogen and oxygen atoms in total. The average molecular weight is 290 g/mol. The summed E-state index contributed by atoms with van der Waals surface area (Å²) in [5, 5.41) is 5.66. The van der Waals surface area contributed by atoms with Crippen molar-refractivity contribution in [3.63, 3.8) is 0 Å². The van der Waals surface area contributed by atoms with Gasteiger partial charge in [-0.2, -0.15) is 0 Å². The lowest BCUT2D eigenvalue weighted by Gasteiger charge is -2.14. The minimum Gasteiger partial charge on any atom is -0.368 e. The highest BCUT2D eigenvalue weighted by molar-refractivity contribution is 6.04. The first-order valence-electron chi connectivity index (χ1n) is 7.37. The SMILES string of the molecule is CC(C)CNC(=O)c1ccccc1NC(=O)C1CCCO1. The third-order valence-electron chi connectivity index (χ3n) is 3.32. The second kappa shape index (κ2) is 7.22. The van der Waals surface area contributed by atoms with Crippen molar-refractivity contribution in [1.29, 1.82) is 0 Å². The molecule has 0 aromatic heterocycles. The van der Waals surface area contributed by atoms with E-state index in [1.54, 1.807) is 24.3 Å². The van der Waals surface area contributed by atoms with Gasteiger partial charge in [0, 0.05) is 13.2 Å². The zero-order chi connectivity index (χ0) is 15.2. The van der Waals surface area contributed by atoms with E-state index in [-0.39, 0.29) is 11.8 Å². The van der Waals surface area contributed by atoms with Crippen molar-refractivity contribution in [2.75, 3.05) is 18.5 Å². The summed E-state index contributed by atoms with van der Waals surface area (Å²) >= 11 is 0. The predicted octanol–water partition coefficient (Wildman–Crippen LogP) is 2.19. The fourth-order valence-corrected chi connectivity index (χ4v) is 2.18. The van der Waals surface area contributed by atoms with Gasteiger partial charge in [-0.15, -0.1) is 0 Å². The largest absolute Gasteiger partial charge is 0.368 e. The van der Waals surface area contributed by atoms with Gasteiger partial charge in [-0.05, 0) is 30.9 Å². The molecule has 1 aliphatic heterocycles. The van der Waals surface area contributed by atoms with Crippen molar-refractivity contribution in [1.82, 2.24) is 5.32 Å². The zero-order valence-corrected chi connectivity index (χ0v) is 12.5. The van der Waals surface area contributed by atoms with Gasteiger partial charge in [-0.25, -0.2) is 0 Å². The molecule has 0 radical (unpaired) electrons. The van der Waals surface area contributed by atoms with Crippen LogP contribution < -0.4 is 10.6 Å². The number of carbonyl (C=O) groups is 2. The molecule has 1 fully saturated rings. The normalized spacial score (nSPS) is 17.8. The number of rotatable bonds is 5. The molecule has 1 unspecified atom stereocenters. The number of anilines is 1. The lowest BCUT2D eigenvalue weighted by Crippen LogP contribution is -2.30. The van der Waals surface area contributed by atoms with E-state index in [0.29, 0.717) is 30.3 Å². The van der Waals surface area contributed by atoms with Crippen LogP contribution >= 0.6 is 0 Å². The molecule has 0 spiro atoms. The van der Waals surface area contributed by atoms with E-state index in [9.17, 15) is 9.59 Å².